The Kier molecular flexibility index (Phi) is 4.93. The van der Waals surface area contributed by atoms with E-state index in [9.17, 15) is 4.79 Å². The molecule has 0 spiro atoms. The number of amides is 1. The molecule has 0 saturated heterocycles. The average Bonchev–Trinajstić information content (AvgIpc) is 3.11. The van der Waals surface area contributed by atoms with Crippen LogP contribution in [0.5, 0.6) is 0 Å². The summed E-state index contributed by atoms with van der Waals surface area (Å²) < 4.78 is 3.71. The number of hydrogen-bond donors (Lipinski definition) is 1. The number of carbonyl (C=O) groups is 1. The van der Waals surface area contributed by atoms with Gasteiger partial charge in [0.25, 0.3) is 5.91 Å². The molecule has 0 atom stereocenters. The van der Waals surface area contributed by atoms with E-state index in [1.165, 1.54) is 11.1 Å². The maximum atomic E-state index is 12.7. The lowest BCUT2D eigenvalue weighted by molar-refractivity contribution is 0.102. The summed E-state index contributed by atoms with van der Waals surface area (Å²) in [4.78, 5) is 12.7. The largest absolute Gasteiger partial charge is 0.319 e. The highest BCUT2D eigenvalue weighted by atomic mass is 16.1. The quantitative estimate of drug-likeness (QED) is 0.763. The van der Waals surface area contributed by atoms with Crippen molar-refractivity contribution in [1.82, 2.24) is 19.6 Å². The third-order valence-corrected chi connectivity index (χ3v) is 4.72. The summed E-state index contributed by atoms with van der Waals surface area (Å²) in [6.07, 6.45) is 1.78. The second-order valence-electron chi connectivity index (χ2n) is 6.57. The van der Waals surface area contributed by atoms with Crippen LogP contribution in [0.3, 0.4) is 0 Å². The highest BCUT2D eigenvalue weighted by molar-refractivity contribution is 6.05. The number of nitrogens with zero attached hydrogens (tertiary/aromatic N) is 4. The summed E-state index contributed by atoms with van der Waals surface area (Å²) >= 11 is 0. The van der Waals surface area contributed by atoms with Crippen LogP contribution in [0.4, 0.5) is 5.69 Å². The van der Waals surface area contributed by atoms with Gasteiger partial charge in [-0.1, -0.05) is 24.3 Å². The second kappa shape index (κ2) is 7.15. The first-order valence-corrected chi connectivity index (χ1v) is 8.84. The minimum Gasteiger partial charge on any atom is -0.319 e. The van der Waals surface area contributed by atoms with Gasteiger partial charge in [-0.2, -0.15) is 10.2 Å². The van der Waals surface area contributed by atoms with E-state index in [1.54, 1.807) is 10.9 Å². The van der Waals surface area contributed by atoms with Gasteiger partial charge in [-0.25, -0.2) is 0 Å². The van der Waals surface area contributed by atoms with E-state index in [0.717, 1.165) is 29.3 Å². The Hall–Kier alpha value is -2.89. The molecule has 1 aromatic carbocycles. The van der Waals surface area contributed by atoms with Crippen molar-refractivity contribution in [2.45, 2.75) is 47.7 Å². The lowest BCUT2D eigenvalue weighted by Gasteiger charge is -2.09. The first kappa shape index (κ1) is 17.9. The molecule has 0 aliphatic heterocycles. The molecule has 1 amide bonds. The van der Waals surface area contributed by atoms with Gasteiger partial charge in [0.05, 0.1) is 34.9 Å². The Morgan fingerprint density at radius 2 is 1.81 bits per heavy atom. The lowest BCUT2D eigenvalue weighted by atomic mass is 10.1. The monoisotopic (exact) mass is 351 g/mol. The number of anilines is 1. The minimum absolute atomic E-state index is 0.149. The molecule has 136 valence electrons. The highest BCUT2D eigenvalue weighted by Gasteiger charge is 2.18. The number of rotatable bonds is 5. The molecule has 0 saturated carbocycles. The normalized spacial score (nSPS) is 11.0. The van der Waals surface area contributed by atoms with Crippen LogP contribution in [0.15, 0.2) is 30.5 Å². The Morgan fingerprint density at radius 1 is 1.08 bits per heavy atom. The van der Waals surface area contributed by atoms with Crippen LogP contribution in [0.25, 0.3) is 0 Å². The summed E-state index contributed by atoms with van der Waals surface area (Å²) in [5.41, 5.74) is 6.30. The predicted molar refractivity (Wildman–Crippen MR) is 103 cm³/mol. The van der Waals surface area contributed by atoms with Gasteiger partial charge in [-0.15, -0.1) is 0 Å². The molecule has 0 radical (unpaired) electrons. The molecule has 6 nitrogen and oxygen atoms in total. The summed E-state index contributed by atoms with van der Waals surface area (Å²) in [6.45, 7) is 11.3. The van der Waals surface area contributed by atoms with E-state index < -0.39 is 0 Å². The number of benzene rings is 1. The number of aromatic nitrogens is 4. The van der Waals surface area contributed by atoms with E-state index in [4.69, 9.17) is 0 Å². The zero-order valence-electron chi connectivity index (χ0n) is 16.0. The van der Waals surface area contributed by atoms with Crippen LogP contribution in [0.1, 0.15) is 45.5 Å². The van der Waals surface area contributed by atoms with Crippen molar-refractivity contribution in [2.75, 3.05) is 5.32 Å². The summed E-state index contributed by atoms with van der Waals surface area (Å²) in [7, 11) is 0. The SMILES string of the molecule is CCn1cc(C(=O)Nc2c(C)nn(Cc3ccccc3C)c2C)c(C)n1. The van der Waals surface area contributed by atoms with Crippen molar-refractivity contribution in [3.05, 3.63) is 64.2 Å². The van der Waals surface area contributed by atoms with E-state index in [2.05, 4.69) is 34.6 Å². The molecular weight excluding hydrogens is 326 g/mol. The molecule has 0 aliphatic carbocycles. The van der Waals surface area contributed by atoms with Gasteiger partial charge in [-0.05, 0) is 45.7 Å². The first-order chi connectivity index (χ1) is 12.4. The van der Waals surface area contributed by atoms with Gasteiger partial charge in [0, 0.05) is 12.7 Å². The van der Waals surface area contributed by atoms with Crippen LogP contribution in [-0.4, -0.2) is 25.5 Å². The Bertz CT molecular complexity index is 951. The van der Waals surface area contributed by atoms with E-state index in [0.29, 0.717) is 12.1 Å². The van der Waals surface area contributed by atoms with Crippen LogP contribution in [0.2, 0.25) is 0 Å². The van der Waals surface area contributed by atoms with Crippen molar-refractivity contribution >= 4 is 11.6 Å². The predicted octanol–water partition coefficient (Wildman–Crippen LogP) is 3.63. The third kappa shape index (κ3) is 3.40. The van der Waals surface area contributed by atoms with Crippen molar-refractivity contribution in [2.24, 2.45) is 0 Å². The summed E-state index contributed by atoms with van der Waals surface area (Å²) in [5, 5.41) is 12.0. The average molecular weight is 351 g/mol. The van der Waals surface area contributed by atoms with Crippen LogP contribution in [0, 0.1) is 27.7 Å². The fourth-order valence-corrected chi connectivity index (χ4v) is 3.06. The van der Waals surface area contributed by atoms with Crippen LogP contribution in [-0.2, 0) is 13.1 Å². The molecule has 2 aromatic heterocycles. The Labute approximate surface area is 153 Å². The van der Waals surface area contributed by atoms with E-state index >= 15 is 0 Å². The maximum absolute atomic E-state index is 12.7. The maximum Gasteiger partial charge on any atom is 0.259 e. The molecule has 0 unspecified atom stereocenters. The van der Waals surface area contributed by atoms with Gasteiger partial charge in [0.1, 0.15) is 0 Å². The topological polar surface area (TPSA) is 64.7 Å². The molecule has 0 aliphatic rings. The molecule has 6 heteroatoms. The zero-order valence-corrected chi connectivity index (χ0v) is 16.0. The van der Waals surface area contributed by atoms with E-state index in [-0.39, 0.29) is 5.91 Å². The fourth-order valence-electron chi connectivity index (χ4n) is 3.06. The molecule has 26 heavy (non-hydrogen) atoms. The molecule has 3 rings (SSSR count). The smallest absolute Gasteiger partial charge is 0.259 e. The van der Waals surface area contributed by atoms with Crippen LogP contribution < -0.4 is 5.32 Å². The molecule has 0 fully saturated rings. The molecule has 1 N–H and O–H groups in total. The second-order valence-corrected chi connectivity index (χ2v) is 6.57. The molecule has 3 aromatic rings. The summed E-state index contributed by atoms with van der Waals surface area (Å²) in [5.74, 6) is -0.149. The van der Waals surface area contributed by atoms with Gasteiger partial charge < -0.3 is 5.32 Å². The van der Waals surface area contributed by atoms with Crippen LogP contribution >= 0.6 is 0 Å². The molecular formula is C20H25N5O. The fraction of sp³-hybridized carbons (Fsp3) is 0.350. The number of aryl methyl sites for hydroxylation is 4. The number of nitrogens with one attached hydrogen (secondary N) is 1. The van der Waals surface area contributed by atoms with Crippen molar-refractivity contribution < 1.29 is 4.79 Å². The van der Waals surface area contributed by atoms with Gasteiger partial charge in [0.2, 0.25) is 0 Å². The van der Waals surface area contributed by atoms with Crippen molar-refractivity contribution in [3.63, 3.8) is 0 Å². The highest BCUT2D eigenvalue weighted by Crippen LogP contribution is 2.22. The standard InChI is InChI=1S/C20H25N5O/c1-6-24-12-18(14(3)22-24)20(26)21-19-15(4)23-25(16(19)5)11-17-10-8-7-9-13(17)2/h7-10,12H,6,11H2,1-5H3,(H,21,26). The van der Waals surface area contributed by atoms with Crippen molar-refractivity contribution in [1.29, 1.82) is 0 Å². The van der Waals surface area contributed by atoms with E-state index in [1.807, 2.05) is 44.5 Å². The van der Waals surface area contributed by atoms with Gasteiger partial charge in [-0.3, -0.25) is 14.2 Å². The number of carbonyl (C=O) groups excluding carboxylic acids is 1. The number of hydrogen-bond acceptors (Lipinski definition) is 3. The minimum atomic E-state index is -0.149. The Balaban J connectivity index is 1.85. The summed E-state index contributed by atoms with van der Waals surface area (Å²) in [6, 6.07) is 8.26. The molecule has 0 bridgehead atoms. The molecule has 2 heterocycles. The van der Waals surface area contributed by atoms with Gasteiger partial charge >= 0.3 is 0 Å². The third-order valence-electron chi connectivity index (χ3n) is 4.72. The zero-order chi connectivity index (χ0) is 18.8. The van der Waals surface area contributed by atoms with Gasteiger partial charge in [0.15, 0.2) is 0 Å². The Morgan fingerprint density at radius 3 is 2.46 bits per heavy atom. The first-order valence-electron chi connectivity index (χ1n) is 8.84. The lowest BCUT2D eigenvalue weighted by Crippen LogP contribution is -2.14. The van der Waals surface area contributed by atoms with Crippen molar-refractivity contribution in [3.8, 4) is 0 Å².